The fraction of sp³-hybridized carbons (Fsp3) is 0.273. The Morgan fingerprint density at radius 2 is 2.32 bits per heavy atom. The van der Waals surface area contributed by atoms with Gasteiger partial charge in [0.05, 0.1) is 22.7 Å². The van der Waals surface area contributed by atoms with Crippen LogP contribution in [0.1, 0.15) is 23.6 Å². The minimum atomic E-state index is -3.66. The number of sulfonamides is 1. The van der Waals surface area contributed by atoms with E-state index in [4.69, 9.17) is 9.52 Å². The zero-order valence-corrected chi connectivity index (χ0v) is 13.2. The van der Waals surface area contributed by atoms with E-state index in [2.05, 4.69) is 20.7 Å². The summed E-state index contributed by atoms with van der Waals surface area (Å²) in [5.41, 5.74) is 0. The van der Waals surface area contributed by atoms with E-state index >= 15 is 0 Å². The molecular formula is C11H12BrNO4S2. The largest absolute Gasteiger partial charge is 0.468 e. The summed E-state index contributed by atoms with van der Waals surface area (Å²) >= 11 is 4.39. The Morgan fingerprint density at radius 1 is 1.58 bits per heavy atom. The fourth-order valence-corrected chi connectivity index (χ4v) is 5.31. The molecule has 0 saturated carbocycles. The van der Waals surface area contributed by atoms with E-state index in [1.807, 2.05) is 0 Å². The number of rotatable bonds is 5. The summed E-state index contributed by atoms with van der Waals surface area (Å²) in [5.74, 6) is 0.539. The van der Waals surface area contributed by atoms with Gasteiger partial charge in [-0.1, -0.05) is 0 Å². The average molecular weight is 366 g/mol. The first-order valence-corrected chi connectivity index (χ1v) is 8.48. The molecule has 1 atom stereocenters. The van der Waals surface area contributed by atoms with Crippen molar-refractivity contribution in [3.8, 4) is 0 Å². The van der Waals surface area contributed by atoms with Crippen LogP contribution in [0.2, 0.25) is 0 Å². The van der Waals surface area contributed by atoms with E-state index in [1.54, 1.807) is 19.1 Å². The van der Waals surface area contributed by atoms with Crippen LogP contribution < -0.4 is 4.72 Å². The van der Waals surface area contributed by atoms with Crippen molar-refractivity contribution in [2.75, 3.05) is 0 Å². The van der Waals surface area contributed by atoms with Crippen molar-refractivity contribution in [2.24, 2.45) is 0 Å². The van der Waals surface area contributed by atoms with Crippen LogP contribution in [-0.2, 0) is 16.6 Å². The summed E-state index contributed by atoms with van der Waals surface area (Å²) in [4.78, 5) is 0.706. The summed E-state index contributed by atoms with van der Waals surface area (Å²) in [7, 11) is -3.66. The Bertz CT molecular complexity index is 648. The van der Waals surface area contributed by atoms with Gasteiger partial charge in [0.25, 0.3) is 0 Å². The Balaban J connectivity index is 2.25. The Kier molecular flexibility index (Phi) is 4.46. The van der Waals surface area contributed by atoms with Gasteiger partial charge in [0.1, 0.15) is 10.7 Å². The molecule has 0 aliphatic rings. The molecule has 2 N–H and O–H groups in total. The highest BCUT2D eigenvalue weighted by atomic mass is 79.9. The molecule has 8 heteroatoms. The van der Waals surface area contributed by atoms with Crippen LogP contribution in [0.3, 0.4) is 0 Å². The molecule has 0 aliphatic heterocycles. The molecule has 0 fully saturated rings. The van der Waals surface area contributed by atoms with Crippen molar-refractivity contribution in [3.63, 3.8) is 0 Å². The first-order chi connectivity index (χ1) is 8.94. The second-order valence-corrected chi connectivity index (χ2v) is 8.00. The van der Waals surface area contributed by atoms with Crippen molar-refractivity contribution >= 4 is 37.3 Å². The minimum absolute atomic E-state index is 0.125. The van der Waals surface area contributed by atoms with Gasteiger partial charge in [-0.15, -0.1) is 11.3 Å². The lowest BCUT2D eigenvalue weighted by atomic mass is 10.3. The van der Waals surface area contributed by atoms with Gasteiger partial charge in [-0.05, 0) is 41.1 Å². The van der Waals surface area contributed by atoms with Gasteiger partial charge in [-0.25, -0.2) is 13.1 Å². The third kappa shape index (κ3) is 3.26. The first-order valence-electron chi connectivity index (χ1n) is 5.39. The molecule has 2 heterocycles. The van der Waals surface area contributed by atoms with Crippen LogP contribution >= 0.6 is 27.3 Å². The molecule has 0 radical (unpaired) electrons. The molecule has 0 amide bonds. The standard InChI is InChI=1S/C11H12BrNO4S2/c1-7(9-3-2-4-17-9)13-19(15,16)10-5-8(6-14)18-11(10)12/h2-5,7,13-14H,6H2,1H3. The van der Waals surface area contributed by atoms with Gasteiger partial charge < -0.3 is 9.52 Å². The first kappa shape index (κ1) is 14.7. The van der Waals surface area contributed by atoms with Crippen molar-refractivity contribution in [1.29, 1.82) is 0 Å². The summed E-state index contributed by atoms with van der Waals surface area (Å²) in [6, 6.07) is 4.38. The molecule has 2 aromatic heterocycles. The van der Waals surface area contributed by atoms with Crippen LogP contribution in [0.15, 0.2) is 37.6 Å². The number of halogens is 1. The average Bonchev–Trinajstić information content (AvgIpc) is 2.96. The van der Waals surface area contributed by atoms with E-state index in [9.17, 15) is 8.42 Å². The highest BCUT2D eigenvalue weighted by molar-refractivity contribution is 9.11. The van der Waals surface area contributed by atoms with E-state index < -0.39 is 16.1 Å². The van der Waals surface area contributed by atoms with E-state index in [1.165, 1.54) is 23.7 Å². The summed E-state index contributed by atoms with van der Waals surface area (Å²) in [6.07, 6.45) is 1.49. The second kappa shape index (κ2) is 5.76. The molecule has 104 valence electrons. The van der Waals surface area contributed by atoms with Crippen LogP contribution in [0.25, 0.3) is 0 Å². The Labute approximate surface area is 123 Å². The van der Waals surface area contributed by atoms with Crippen LogP contribution in [0, 0.1) is 0 Å². The number of furan rings is 1. The predicted molar refractivity (Wildman–Crippen MR) is 75.4 cm³/mol. The lowest BCUT2D eigenvalue weighted by Gasteiger charge is -2.11. The summed E-state index contributed by atoms with van der Waals surface area (Å²) in [6.45, 7) is 1.51. The summed E-state index contributed by atoms with van der Waals surface area (Å²) in [5, 5.41) is 9.03. The zero-order valence-electron chi connectivity index (χ0n) is 9.96. The van der Waals surface area contributed by atoms with Gasteiger partial charge in [-0.3, -0.25) is 0 Å². The maximum atomic E-state index is 12.2. The molecule has 5 nitrogen and oxygen atoms in total. The number of aliphatic hydroxyl groups is 1. The van der Waals surface area contributed by atoms with Crippen molar-refractivity contribution < 1.29 is 17.9 Å². The van der Waals surface area contributed by atoms with Crippen molar-refractivity contribution in [2.45, 2.75) is 24.5 Å². The highest BCUT2D eigenvalue weighted by Gasteiger charge is 2.24. The zero-order chi connectivity index (χ0) is 14.0. The predicted octanol–water partition coefficient (Wildman–Crippen LogP) is 2.64. The van der Waals surface area contributed by atoms with Crippen LogP contribution in [0.4, 0.5) is 0 Å². The van der Waals surface area contributed by atoms with Crippen LogP contribution in [-0.4, -0.2) is 13.5 Å². The van der Waals surface area contributed by atoms with Gasteiger partial charge >= 0.3 is 0 Å². The molecule has 19 heavy (non-hydrogen) atoms. The molecule has 0 aliphatic carbocycles. The van der Waals surface area contributed by atoms with Gasteiger partial charge in [0, 0.05) is 4.88 Å². The fourth-order valence-electron chi connectivity index (χ4n) is 1.55. The number of hydrogen-bond acceptors (Lipinski definition) is 5. The van der Waals surface area contributed by atoms with Gasteiger partial charge in [0.2, 0.25) is 10.0 Å². The molecule has 1 unspecified atom stereocenters. The number of thiophene rings is 1. The van der Waals surface area contributed by atoms with Crippen molar-refractivity contribution in [1.82, 2.24) is 4.72 Å². The quantitative estimate of drug-likeness (QED) is 0.853. The van der Waals surface area contributed by atoms with Crippen LogP contribution in [0.5, 0.6) is 0 Å². The summed E-state index contributed by atoms with van der Waals surface area (Å²) < 4.78 is 32.6. The van der Waals surface area contributed by atoms with E-state index in [0.717, 1.165) is 0 Å². The third-order valence-corrected chi connectivity index (χ3v) is 6.23. The maximum Gasteiger partial charge on any atom is 0.243 e. The lowest BCUT2D eigenvalue weighted by Crippen LogP contribution is -2.26. The monoisotopic (exact) mass is 365 g/mol. The highest BCUT2D eigenvalue weighted by Crippen LogP contribution is 2.32. The topological polar surface area (TPSA) is 79.5 Å². The molecular weight excluding hydrogens is 354 g/mol. The van der Waals surface area contributed by atoms with E-state index in [0.29, 0.717) is 14.4 Å². The lowest BCUT2D eigenvalue weighted by molar-refractivity contribution is 0.285. The third-order valence-electron chi connectivity index (χ3n) is 2.45. The van der Waals surface area contributed by atoms with E-state index in [-0.39, 0.29) is 11.5 Å². The Hall–Kier alpha value is -0.670. The number of hydrogen-bond donors (Lipinski definition) is 2. The number of aliphatic hydroxyl groups excluding tert-OH is 1. The second-order valence-electron chi connectivity index (χ2n) is 3.87. The Morgan fingerprint density at radius 3 is 2.84 bits per heavy atom. The SMILES string of the molecule is CC(NS(=O)(=O)c1cc(CO)sc1Br)c1ccco1. The molecule has 0 saturated heterocycles. The number of nitrogens with one attached hydrogen (secondary N) is 1. The smallest absolute Gasteiger partial charge is 0.243 e. The van der Waals surface area contributed by atoms with Gasteiger partial charge in [0.15, 0.2) is 0 Å². The molecule has 0 spiro atoms. The maximum absolute atomic E-state index is 12.2. The van der Waals surface area contributed by atoms with Crippen molar-refractivity contribution in [3.05, 3.63) is 38.9 Å². The minimum Gasteiger partial charge on any atom is -0.468 e. The molecule has 2 aromatic rings. The van der Waals surface area contributed by atoms with Gasteiger partial charge in [-0.2, -0.15) is 0 Å². The molecule has 0 aromatic carbocycles. The normalized spacial score (nSPS) is 13.6. The molecule has 2 rings (SSSR count). The molecule has 0 bridgehead atoms.